The van der Waals surface area contributed by atoms with Gasteiger partial charge in [0.25, 0.3) is 0 Å². The Kier molecular flexibility index (Phi) is 6.52. The van der Waals surface area contributed by atoms with E-state index in [1.807, 2.05) is 12.1 Å². The van der Waals surface area contributed by atoms with Gasteiger partial charge in [0.1, 0.15) is 0 Å². The van der Waals surface area contributed by atoms with Crippen molar-refractivity contribution in [3.8, 4) is 0 Å². The number of carboxylic acid groups (broad SMARTS) is 1. The average Bonchev–Trinajstić information content (AvgIpc) is 2.33. The van der Waals surface area contributed by atoms with Crippen molar-refractivity contribution in [2.24, 2.45) is 5.41 Å². The van der Waals surface area contributed by atoms with E-state index in [1.165, 1.54) is 5.56 Å². The normalized spacial score (nSPS) is 11.5. The van der Waals surface area contributed by atoms with Crippen molar-refractivity contribution in [2.75, 3.05) is 6.54 Å². The third-order valence-electron chi connectivity index (χ3n) is 3.21. The van der Waals surface area contributed by atoms with Crippen LogP contribution in [-0.4, -0.2) is 17.6 Å². The Morgan fingerprint density at radius 1 is 1.37 bits per heavy atom. The van der Waals surface area contributed by atoms with E-state index < -0.39 is 5.97 Å². The molecule has 0 aromatic heterocycles. The zero-order chi connectivity index (χ0) is 14.3. The van der Waals surface area contributed by atoms with Gasteiger partial charge in [0.2, 0.25) is 0 Å². The van der Waals surface area contributed by atoms with Gasteiger partial charge in [0.05, 0.1) is 0 Å². The van der Waals surface area contributed by atoms with Crippen molar-refractivity contribution in [1.29, 1.82) is 0 Å². The smallest absolute Gasteiger partial charge is 0.303 e. The second kappa shape index (κ2) is 7.65. The molecule has 0 atom stereocenters. The van der Waals surface area contributed by atoms with Gasteiger partial charge >= 0.3 is 5.97 Å². The molecule has 0 aliphatic rings. The van der Waals surface area contributed by atoms with Crippen LogP contribution < -0.4 is 5.32 Å². The molecule has 1 aromatic rings. The van der Waals surface area contributed by atoms with Gasteiger partial charge in [-0.05, 0) is 42.5 Å². The molecule has 2 N–H and O–H groups in total. The van der Waals surface area contributed by atoms with E-state index >= 15 is 0 Å². The highest BCUT2D eigenvalue weighted by Gasteiger charge is 2.18. The van der Waals surface area contributed by atoms with Gasteiger partial charge in [0, 0.05) is 17.4 Å². The van der Waals surface area contributed by atoms with Crippen molar-refractivity contribution in [1.82, 2.24) is 5.32 Å². The maximum atomic E-state index is 10.6. The number of rotatable bonds is 8. The summed E-state index contributed by atoms with van der Waals surface area (Å²) in [6, 6.07) is 8.23. The van der Waals surface area contributed by atoms with Crippen LogP contribution in [0.1, 0.15) is 38.7 Å². The highest BCUT2D eigenvalue weighted by molar-refractivity contribution is 9.10. The van der Waals surface area contributed by atoms with Crippen LogP contribution in [0.5, 0.6) is 0 Å². The molecular weight excluding hydrogens is 306 g/mol. The third kappa shape index (κ3) is 7.33. The van der Waals surface area contributed by atoms with Crippen LogP contribution in [0.2, 0.25) is 0 Å². The van der Waals surface area contributed by atoms with E-state index in [9.17, 15) is 4.79 Å². The van der Waals surface area contributed by atoms with E-state index in [4.69, 9.17) is 5.11 Å². The molecule has 0 saturated carbocycles. The molecule has 0 saturated heterocycles. The number of hydrogen-bond acceptors (Lipinski definition) is 2. The predicted octanol–water partition coefficient (Wildman–Crippen LogP) is 3.82. The molecule has 4 heteroatoms. The molecule has 106 valence electrons. The second-order valence-corrected chi connectivity index (χ2v) is 6.53. The Morgan fingerprint density at radius 3 is 2.74 bits per heavy atom. The van der Waals surface area contributed by atoms with Crippen molar-refractivity contribution in [3.05, 3.63) is 34.3 Å². The molecule has 0 bridgehead atoms. The van der Waals surface area contributed by atoms with Crippen molar-refractivity contribution >= 4 is 21.9 Å². The van der Waals surface area contributed by atoms with Crippen molar-refractivity contribution in [3.63, 3.8) is 0 Å². The molecule has 0 unspecified atom stereocenters. The minimum atomic E-state index is -0.713. The summed E-state index contributed by atoms with van der Waals surface area (Å²) < 4.78 is 1.09. The zero-order valence-corrected chi connectivity index (χ0v) is 13.2. The maximum absolute atomic E-state index is 10.6. The molecule has 0 radical (unpaired) electrons. The van der Waals surface area contributed by atoms with E-state index in [0.717, 1.165) is 30.4 Å². The first-order valence-electron chi connectivity index (χ1n) is 6.56. The number of carboxylic acids is 1. The predicted molar refractivity (Wildman–Crippen MR) is 81.1 cm³/mol. The van der Waals surface area contributed by atoms with E-state index in [1.54, 1.807) is 0 Å². The number of hydrogen-bond donors (Lipinski definition) is 2. The largest absolute Gasteiger partial charge is 0.481 e. The Bertz CT molecular complexity index is 418. The van der Waals surface area contributed by atoms with Gasteiger partial charge < -0.3 is 10.4 Å². The fraction of sp³-hybridized carbons (Fsp3) is 0.533. The quantitative estimate of drug-likeness (QED) is 0.713. The lowest BCUT2D eigenvalue weighted by Gasteiger charge is -2.23. The molecule has 0 heterocycles. The SMILES string of the molecule is CC(C)(CCNCc1cccc(Br)c1)CCC(=O)O. The third-order valence-corrected chi connectivity index (χ3v) is 3.71. The molecule has 0 aliphatic carbocycles. The molecule has 0 amide bonds. The molecule has 1 rings (SSSR count). The molecule has 0 aliphatic heterocycles. The summed E-state index contributed by atoms with van der Waals surface area (Å²) in [5, 5.41) is 12.1. The first-order chi connectivity index (χ1) is 8.89. The van der Waals surface area contributed by atoms with Crippen molar-refractivity contribution < 1.29 is 9.90 Å². The van der Waals surface area contributed by atoms with Crippen LogP contribution in [0.4, 0.5) is 0 Å². The maximum Gasteiger partial charge on any atom is 0.303 e. The van der Waals surface area contributed by atoms with Crippen LogP contribution in [0.15, 0.2) is 28.7 Å². The number of benzene rings is 1. The summed E-state index contributed by atoms with van der Waals surface area (Å²) in [6.07, 6.45) is 1.95. The standard InChI is InChI=1S/C15H22BrNO2/c1-15(2,7-6-14(18)19)8-9-17-11-12-4-3-5-13(16)10-12/h3-5,10,17H,6-9,11H2,1-2H3,(H,18,19). The van der Waals surface area contributed by atoms with Crippen LogP contribution >= 0.6 is 15.9 Å². The summed E-state index contributed by atoms with van der Waals surface area (Å²) >= 11 is 3.45. The first kappa shape index (κ1) is 16.2. The van der Waals surface area contributed by atoms with Gasteiger partial charge in [-0.15, -0.1) is 0 Å². The number of aliphatic carboxylic acids is 1. The summed E-state index contributed by atoms with van der Waals surface area (Å²) in [7, 11) is 0. The molecule has 1 aromatic carbocycles. The van der Waals surface area contributed by atoms with Crippen LogP contribution in [0.3, 0.4) is 0 Å². The highest BCUT2D eigenvalue weighted by Crippen LogP contribution is 2.26. The van der Waals surface area contributed by atoms with Crippen molar-refractivity contribution in [2.45, 2.75) is 39.7 Å². The van der Waals surface area contributed by atoms with Gasteiger partial charge in [0.15, 0.2) is 0 Å². The summed E-state index contributed by atoms with van der Waals surface area (Å²) in [6.45, 7) is 5.99. The van der Waals surface area contributed by atoms with Gasteiger partial charge in [-0.1, -0.05) is 41.9 Å². The fourth-order valence-electron chi connectivity index (χ4n) is 1.88. The van der Waals surface area contributed by atoms with Crippen LogP contribution in [0.25, 0.3) is 0 Å². The lowest BCUT2D eigenvalue weighted by atomic mass is 9.84. The lowest BCUT2D eigenvalue weighted by molar-refractivity contribution is -0.137. The van der Waals surface area contributed by atoms with E-state index in [-0.39, 0.29) is 11.8 Å². The number of nitrogens with one attached hydrogen (secondary N) is 1. The van der Waals surface area contributed by atoms with Gasteiger partial charge in [-0.25, -0.2) is 0 Å². The highest BCUT2D eigenvalue weighted by atomic mass is 79.9. The van der Waals surface area contributed by atoms with E-state index in [0.29, 0.717) is 0 Å². The molecule has 0 spiro atoms. The monoisotopic (exact) mass is 327 g/mol. The van der Waals surface area contributed by atoms with Crippen LogP contribution in [0, 0.1) is 5.41 Å². The minimum absolute atomic E-state index is 0.0721. The summed E-state index contributed by atoms with van der Waals surface area (Å²) in [5.74, 6) is -0.713. The van der Waals surface area contributed by atoms with Gasteiger partial charge in [-0.3, -0.25) is 4.79 Å². The Morgan fingerprint density at radius 2 is 2.11 bits per heavy atom. The minimum Gasteiger partial charge on any atom is -0.481 e. The zero-order valence-electron chi connectivity index (χ0n) is 11.6. The lowest BCUT2D eigenvalue weighted by Crippen LogP contribution is -2.23. The first-order valence-corrected chi connectivity index (χ1v) is 7.35. The molecular formula is C15H22BrNO2. The van der Waals surface area contributed by atoms with Crippen LogP contribution in [-0.2, 0) is 11.3 Å². The Hall–Kier alpha value is -0.870. The average molecular weight is 328 g/mol. The molecule has 19 heavy (non-hydrogen) atoms. The molecule has 0 fully saturated rings. The van der Waals surface area contributed by atoms with Gasteiger partial charge in [-0.2, -0.15) is 0 Å². The topological polar surface area (TPSA) is 49.3 Å². The Balaban J connectivity index is 2.24. The number of carbonyl (C=O) groups is 1. The second-order valence-electron chi connectivity index (χ2n) is 5.61. The summed E-state index contributed by atoms with van der Waals surface area (Å²) in [4.78, 5) is 10.6. The molecule has 3 nitrogen and oxygen atoms in total. The fourth-order valence-corrected chi connectivity index (χ4v) is 2.32. The number of halogens is 1. The van der Waals surface area contributed by atoms with E-state index in [2.05, 4.69) is 47.2 Å². The Labute approximate surface area is 123 Å². The summed E-state index contributed by atoms with van der Waals surface area (Å²) in [5.41, 5.74) is 1.32.